The summed E-state index contributed by atoms with van der Waals surface area (Å²) in [6.07, 6.45) is 7.07. The summed E-state index contributed by atoms with van der Waals surface area (Å²) in [4.78, 5) is 5.31. The molecule has 4 bridgehead atoms. The van der Waals surface area contributed by atoms with Crippen LogP contribution in [0.3, 0.4) is 0 Å². The Morgan fingerprint density at radius 1 is 0.529 bits per heavy atom. The predicted molar refractivity (Wildman–Crippen MR) is 216 cm³/mol. The molecule has 3 aliphatic heterocycles. The van der Waals surface area contributed by atoms with E-state index in [2.05, 4.69) is 154 Å². The van der Waals surface area contributed by atoms with E-state index in [9.17, 15) is 0 Å². The third-order valence-corrected chi connectivity index (χ3v) is 14.3. The first kappa shape index (κ1) is 30.4. The topological polar surface area (TPSA) is 6.48 Å². The maximum absolute atomic E-state index is 2.71. The van der Waals surface area contributed by atoms with E-state index < -0.39 is 0 Å². The zero-order valence-electron chi connectivity index (χ0n) is 31.1. The number of para-hydroxylation sites is 2. The van der Waals surface area contributed by atoms with Gasteiger partial charge >= 0.3 is 0 Å². The quantitative estimate of drug-likeness (QED) is 0.161. The van der Waals surface area contributed by atoms with Gasteiger partial charge in [-0.3, -0.25) is 0 Å². The smallest absolute Gasteiger partial charge is 0.252 e. The van der Waals surface area contributed by atoms with E-state index in [0.717, 1.165) is 23.7 Å². The second-order valence-corrected chi connectivity index (χ2v) is 19.1. The predicted octanol–water partition coefficient (Wildman–Crippen LogP) is 10.4. The van der Waals surface area contributed by atoms with Gasteiger partial charge in [0.25, 0.3) is 6.71 Å². The molecule has 0 radical (unpaired) electrons. The van der Waals surface area contributed by atoms with E-state index in [-0.39, 0.29) is 23.0 Å². The van der Waals surface area contributed by atoms with Crippen LogP contribution < -0.4 is 26.2 Å². The summed E-state index contributed by atoms with van der Waals surface area (Å²) in [6.45, 7) is 14.2. The first-order valence-corrected chi connectivity index (χ1v) is 19.7. The first-order valence-electron chi connectivity index (χ1n) is 19.7. The van der Waals surface area contributed by atoms with Crippen LogP contribution >= 0.6 is 0 Å². The van der Waals surface area contributed by atoms with Gasteiger partial charge in [-0.1, -0.05) is 108 Å². The standard InChI is InChI=1S/C48H49BN2/c1-46(2,3)31-12-9-13-35(27-31)50-41-18-11-19-42-44(41)49(38-21-20-32(28-43(38)50)47(4,5)6)39-16-10-15-37-45(39)51(42)40-17-8-7-14-36(40)48(37)33-23-29-22-30(25-33)26-34(48)24-29/h7-21,27-30,33-34H,22-26H2,1-6H3. The molecule has 0 amide bonds. The molecule has 2 nitrogen and oxygen atoms in total. The van der Waals surface area contributed by atoms with Crippen molar-refractivity contribution < 1.29 is 0 Å². The molecule has 4 aliphatic carbocycles. The molecule has 254 valence electrons. The first-order chi connectivity index (χ1) is 24.5. The van der Waals surface area contributed by atoms with Crippen molar-refractivity contribution in [2.75, 3.05) is 9.80 Å². The van der Waals surface area contributed by atoms with Crippen molar-refractivity contribution in [1.82, 2.24) is 0 Å². The zero-order valence-corrected chi connectivity index (χ0v) is 31.1. The van der Waals surface area contributed by atoms with Gasteiger partial charge in [-0.15, -0.1) is 0 Å². The third kappa shape index (κ3) is 3.91. The normalized spacial score (nSPS) is 26.2. The highest BCUT2D eigenvalue weighted by atomic mass is 15.2. The Kier molecular flexibility index (Phi) is 5.96. The minimum atomic E-state index is 0.0426. The van der Waals surface area contributed by atoms with Crippen molar-refractivity contribution in [3.8, 4) is 0 Å². The minimum Gasteiger partial charge on any atom is -0.311 e. The maximum atomic E-state index is 2.71. The second-order valence-electron chi connectivity index (χ2n) is 19.1. The van der Waals surface area contributed by atoms with Crippen LogP contribution in [0.15, 0.2) is 103 Å². The third-order valence-electron chi connectivity index (χ3n) is 14.3. The Balaban J connectivity index is 1.21. The van der Waals surface area contributed by atoms with Gasteiger partial charge in [0.15, 0.2) is 0 Å². The summed E-state index contributed by atoms with van der Waals surface area (Å²) in [5.74, 6) is 3.32. The van der Waals surface area contributed by atoms with Gasteiger partial charge in [0.1, 0.15) is 0 Å². The summed E-state index contributed by atoms with van der Waals surface area (Å²) < 4.78 is 0. The minimum absolute atomic E-state index is 0.0426. The number of hydrogen-bond donors (Lipinski definition) is 0. The fourth-order valence-corrected chi connectivity index (χ4v) is 12.4. The average Bonchev–Trinajstić information content (AvgIpc) is 3.11. The van der Waals surface area contributed by atoms with Crippen LogP contribution in [0.25, 0.3) is 0 Å². The van der Waals surface area contributed by atoms with Gasteiger partial charge in [-0.2, -0.15) is 0 Å². The molecule has 4 saturated carbocycles. The molecule has 5 aromatic rings. The highest BCUT2D eigenvalue weighted by Gasteiger charge is 2.62. The number of hydrogen-bond acceptors (Lipinski definition) is 2. The van der Waals surface area contributed by atoms with Gasteiger partial charge in [-0.05, 0) is 142 Å². The van der Waals surface area contributed by atoms with Crippen molar-refractivity contribution in [3.63, 3.8) is 0 Å². The molecule has 3 heterocycles. The molecule has 12 rings (SSSR count). The summed E-state index contributed by atoms with van der Waals surface area (Å²) in [7, 11) is 0. The van der Waals surface area contributed by atoms with E-state index >= 15 is 0 Å². The van der Waals surface area contributed by atoms with Crippen molar-refractivity contribution in [3.05, 3.63) is 125 Å². The highest BCUT2D eigenvalue weighted by molar-refractivity contribution is 7.00. The molecule has 0 unspecified atom stereocenters. The van der Waals surface area contributed by atoms with Crippen LogP contribution in [0, 0.1) is 23.7 Å². The Hall–Kier alpha value is -4.24. The fourth-order valence-electron chi connectivity index (χ4n) is 12.4. The number of anilines is 6. The van der Waals surface area contributed by atoms with Gasteiger partial charge in [0.05, 0.1) is 5.69 Å². The SMILES string of the molecule is CC(C)(C)c1cccc(N2c3cc(C(C)(C)C)ccc3B3c4cccc5c4N(c4ccccc4C54C5CC6CC(C5)CC4C6)c4cccc2c43)c1. The van der Waals surface area contributed by atoms with Crippen LogP contribution in [0.1, 0.15) is 95.9 Å². The van der Waals surface area contributed by atoms with Crippen molar-refractivity contribution >= 4 is 57.2 Å². The summed E-state index contributed by atoms with van der Waals surface area (Å²) in [5.41, 5.74) is 18.7. The van der Waals surface area contributed by atoms with Gasteiger partial charge in [0, 0.05) is 33.9 Å². The lowest BCUT2D eigenvalue weighted by molar-refractivity contribution is -0.0419. The van der Waals surface area contributed by atoms with Crippen LogP contribution in [0.2, 0.25) is 0 Å². The zero-order chi connectivity index (χ0) is 34.6. The van der Waals surface area contributed by atoms with Crippen LogP contribution in [0.4, 0.5) is 34.1 Å². The molecular formula is C48H49BN2. The van der Waals surface area contributed by atoms with E-state index in [1.165, 1.54) is 93.7 Å². The van der Waals surface area contributed by atoms with E-state index in [1.54, 1.807) is 11.1 Å². The van der Waals surface area contributed by atoms with Crippen LogP contribution in [-0.2, 0) is 16.2 Å². The number of benzene rings is 5. The fraction of sp³-hybridized carbons (Fsp3) is 0.375. The molecule has 3 heteroatoms. The maximum Gasteiger partial charge on any atom is 0.252 e. The lowest BCUT2D eigenvalue weighted by atomic mass is 9.32. The second kappa shape index (κ2) is 10.00. The van der Waals surface area contributed by atoms with E-state index in [1.807, 2.05) is 0 Å². The molecule has 0 saturated heterocycles. The lowest BCUT2D eigenvalue weighted by Crippen LogP contribution is -2.64. The molecule has 51 heavy (non-hydrogen) atoms. The van der Waals surface area contributed by atoms with E-state index in [0.29, 0.717) is 0 Å². The largest absolute Gasteiger partial charge is 0.311 e. The van der Waals surface area contributed by atoms with Crippen molar-refractivity contribution in [2.45, 2.75) is 89.9 Å². The van der Waals surface area contributed by atoms with Crippen LogP contribution in [-0.4, -0.2) is 6.71 Å². The molecule has 0 atom stereocenters. The van der Waals surface area contributed by atoms with Gasteiger partial charge < -0.3 is 9.80 Å². The molecule has 0 aromatic heterocycles. The molecule has 0 N–H and O–H groups in total. The number of rotatable bonds is 1. The Morgan fingerprint density at radius 2 is 1.14 bits per heavy atom. The Bertz CT molecular complexity index is 2260. The Labute approximate surface area is 305 Å². The van der Waals surface area contributed by atoms with Crippen LogP contribution in [0.5, 0.6) is 0 Å². The summed E-state index contributed by atoms with van der Waals surface area (Å²) in [6, 6.07) is 41.0. The van der Waals surface area contributed by atoms with Gasteiger partial charge in [0.2, 0.25) is 0 Å². The molecule has 7 aliphatic rings. The number of nitrogens with zero attached hydrogens (tertiary/aromatic N) is 2. The summed E-state index contributed by atoms with van der Waals surface area (Å²) >= 11 is 0. The highest BCUT2D eigenvalue weighted by Crippen LogP contribution is 2.69. The van der Waals surface area contributed by atoms with Crippen molar-refractivity contribution in [2.24, 2.45) is 23.7 Å². The average molecular weight is 665 g/mol. The summed E-state index contributed by atoms with van der Waals surface area (Å²) in [5, 5.41) is 0. The Morgan fingerprint density at radius 3 is 1.86 bits per heavy atom. The molecule has 5 aromatic carbocycles. The lowest BCUT2D eigenvalue weighted by Gasteiger charge is -2.64. The molecule has 1 spiro atoms. The van der Waals surface area contributed by atoms with Gasteiger partial charge in [-0.25, -0.2) is 0 Å². The van der Waals surface area contributed by atoms with Crippen molar-refractivity contribution in [1.29, 1.82) is 0 Å². The number of fused-ring (bicyclic) bond motifs is 6. The van der Waals surface area contributed by atoms with E-state index in [4.69, 9.17) is 0 Å². The molecule has 4 fully saturated rings. The monoisotopic (exact) mass is 664 g/mol. The molecular weight excluding hydrogens is 615 g/mol.